The van der Waals surface area contributed by atoms with Gasteiger partial charge in [-0.1, -0.05) is 29.8 Å². The fraction of sp³-hybridized carbons (Fsp3) is 0.0714. The van der Waals surface area contributed by atoms with Crippen LogP contribution in [0.15, 0.2) is 59.2 Å². The van der Waals surface area contributed by atoms with E-state index in [2.05, 4.69) is 0 Å². The Kier molecular flexibility index (Phi) is 3.78. The molecule has 0 fully saturated rings. The number of halogens is 1. The second kappa shape index (κ2) is 5.51. The van der Waals surface area contributed by atoms with Crippen LogP contribution in [-0.4, -0.2) is 5.78 Å². The molecule has 0 atom stereocenters. The Hall–Kier alpha value is -1.80. The number of hydrogen-bond acceptors (Lipinski definition) is 2. The van der Waals surface area contributed by atoms with Gasteiger partial charge in [0, 0.05) is 12.0 Å². The van der Waals surface area contributed by atoms with E-state index < -0.39 is 0 Å². The minimum Gasteiger partial charge on any atom is -0.469 e. The lowest BCUT2D eigenvalue weighted by molar-refractivity contribution is 0.104. The maximum absolute atomic E-state index is 11.8. The summed E-state index contributed by atoms with van der Waals surface area (Å²) in [5.74, 6) is 0.732. The van der Waals surface area contributed by atoms with Gasteiger partial charge < -0.3 is 4.42 Å². The lowest BCUT2D eigenvalue weighted by Gasteiger charge is -1.97. The van der Waals surface area contributed by atoms with Crippen LogP contribution >= 0.6 is 11.6 Å². The van der Waals surface area contributed by atoms with Crippen molar-refractivity contribution in [3.8, 4) is 0 Å². The number of rotatable bonds is 4. The molecule has 1 aromatic carbocycles. The molecule has 0 radical (unpaired) electrons. The summed E-state index contributed by atoms with van der Waals surface area (Å²) in [6, 6.07) is 10.7. The van der Waals surface area contributed by atoms with Crippen LogP contribution < -0.4 is 0 Å². The van der Waals surface area contributed by atoms with Gasteiger partial charge in [-0.15, -0.1) is 0 Å². The number of benzene rings is 1. The van der Waals surface area contributed by atoms with Crippen LogP contribution in [0.2, 0.25) is 5.02 Å². The topological polar surface area (TPSA) is 30.2 Å². The molecule has 0 aliphatic heterocycles. The van der Waals surface area contributed by atoms with Gasteiger partial charge in [-0.2, -0.15) is 0 Å². The SMILES string of the molecule is O=C(/C=C/Cc1ccco1)c1ccccc1Cl. The first-order chi connectivity index (χ1) is 8.27. The van der Waals surface area contributed by atoms with Crippen molar-refractivity contribution >= 4 is 17.4 Å². The minimum atomic E-state index is -0.0952. The van der Waals surface area contributed by atoms with Crippen molar-refractivity contribution in [3.63, 3.8) is 0 Å². The highest BCUT2D eigenvalue weighted by Crippen LogP contribution is 2.15. The molecule has 2 aromatic rings. The second-order valence-corrected chi connectivity index (χ2v) is 3.94. The van der Waals surface area contributed by atoms with E-state index in [1.54, 1.807) is 36.6 Å². The molecule has 2 nitrogen and oxygen atoms in total. The van der Waals surface area contributed by atoms with Gasteiger partial charge in [0.05, 0.1) is 11.3 Å². The molecule has 0 saturated heterocycles. The molecule has 1 aromatic heterocycles. The molecule has 2 rings (SSSR count). The molecule has 17 heavy (non-hydrogen) atoms. The van der Waals surface area contributed by atoms with E-state index in [4.69, 9.17) is 16.0 Å². The van der Waals surface area contributed by atoms with Gasteiger partial charge >= 0.3 is 0 Å². The zero-order chi connectivity index (χ0) is 12.1. The Morgan fingerprint density at radius 2 is 2.06 bits per heavy atom. The Morgan fingerprint density at radius 3 is 2.76 bits per heavy atom. The second-order valence-electron chi connectivity index (χ2n) is 3.53. The Morgan fingerprint density at radius 1 is 1.24 bits per heavy atom. The Bertz CT molecular complexity index is 527. The van der Waals surface area contributed by atoms with Crippen LogP contribution in [0.25, 0.3) is 0 Å². The lowest BCUT2D eigenvalue weighted by atomic mass is 10.1. The van der Waals surface area contributed by atoms with E-state index in [0.717, 1.165) is 5.76 Å². The molecule has 0 saturated carbocycles. The molecular formula is C14H11ClO2. The monoisotopic (exact) mass is 246 g/mol. The average Bonchev–Trinajstić information content (AvgIpc) is 2.82. The molecule has 0 aliphatic rings. The molecule has 1 heterocycles. The number of hydrogen-bond donors (Lipinski definition) is 0. The summed E-state index contributed by atoms with van der Waals surface area (Å²) < 4.78 is 5.16. The highest BCUT2D eigenvalue weighted by atomic mass is 35.5. The van der Waals surface area contributed by atoms with Gasteiger partial charge in [0.25, 0.3) is 0 Å². The third-order valence-electron chi connectivity index (χ3n) is 2.31. The molecule has 0 spiro atoms. The van der Waals surface area contributed by atoms with Crippen molar-refractivity contribution in [1.29, 1.82) is 0 Å². The maximum atomic E-state index is 11.8. The smallest absolute Gasteiger partial charge is 0.187 e. The normalized spacial score (nSPS) is 10.9. The summed E-state index contributed by atoms with van der Waals surface area (Å²) >= 11 is 5.92. The van der Waals surface area contributed by atoms with E-state index in [0.29, 0.717) is 17.0 Å². The fourth-order valence-corrected chi connectivity index (χ4v) is 1.69. The number of carbonyl (C=O) groups excluding carboxylic acids is 1. The average molecular weight is 247 g/mol. The maximum Gasteiger partial charge on any atom is 0.187 e. The van der Waals surface area contributed by atoms with E-state index in [1.165, 1.54) is 6.08 Å². The molecule has 0 bridgehead atoms. The van der Waals surface area contributed by atoms with Crippen LogP contribution in [0.4, 0.5) is 0 Å². The van der Waals surface area contributed by atoms with Crippen LogP contribution in [-0.2, 0) is 6.42 Å². The fourth-order valence-electron chi connectivity index (χ4n) is 1.46. The van der Waals surface area contributed by atoms with Gasteiger partial charge in [0.2, 0.25) is 0 Å². The zero-order valence-corrected chi connectivity index (χ0v) is 9.85. The van der Waals surface area contributed by atoms with Crippen LogP contribution in [0.1, 0.15) is 16.1 Å². The highest BCUT2D eigenvalue weighted by Gasteiger charge is 2.05. The largest absolute Gasteiger partial charge is 0.469 e. The number of allylic oxidation sites excluding steroid dienone is 2. The van der Waals surface area contributed by atoms with Crippen molar-refractivity contribution in [1.82, 2.24) is 0 Å². The van der Waals surface area contributed by atoms with E-state index in [-0.39, 0.29) is 5.78 Å². The highest BCUT2D eigenvalue weighted by molar-refractivity contribution is 6.34. The standard InChI is InChI=1S/C14H11ClO2/c15-13-8-2-1-7-12(13)14(16)9-3-5-11-6-4-10-17-11/h1-4,6-10H,5H2/b9-3+. The van der Waals surface area contributed by atoms with E-state index in [9.17, 15) is 4.79 Å². The third-order valence-corrected chi connectivity index (χ3v) is 2.64. The predicted octanol–water partition coefficient (Wildman–Crippen LogP) is 3.91. The first-order valence-electron chi connectivity index (χ1n) is 5.25. The Balaban J connectivity index is 2.02. The van der Waals surface area contributed by atoms with Gasteiger partial charge in [-0.3, -0.25) is 4.79 Å². The zero-order valence-electron chi connectivity index (χ0n) is 9.10. The summed E-state index contributed by atoms with van der Waals surface area (Å²) in [4.78, 5) is 11.8. The van der Waals surface area contributed by atoms with Crippen LogP contribution in [0, 0.1) is 0 Å². The summed E-state index contributed by atoms with van der Waals surface area (Å²) in [6.45, 7) is 0. The van der Waals surface area contributed by atoms with Crippen molar-refractivity contribution in [2.45, 2.75) is 6.42 Å². The molecule has 0 aliphatic carbocycles. The summed E-state index contributed by atoms with van der Waals surface area (Å²) in [5, 5.41) is 0.472. The van der Waals surface area contributed by atoms with Crippen molar-refractivity contribution in [2.75, 3.05) is 0 Å². The molecule has 3 heteroatoms. The molecule has 0 amide bonds. The minimum absolute atomic E-state index is 0.0952. The van der Waals surface area contributed by atoms with Crippen molar-refractivity contribution in [2.24, 2.45) is 0 Å². The molecular weight excluding hydrogens is 236 g/mol. The van der Waals surface area contributed by atoms with Crippen molar-refractivity contribution in [3.05, 3.63) is 71.2 Å². The quantitative estimate of drug-likeness (QED) is 0.605. The first kappa shape index (κ1) is 11.7. The van der Waals surface area contributed by atoms with Crippen molar-refractivity contribution < 1.29 is 9.21 Å². The van der Waals surface area contributed by atoms with Crippen LogP contribution in [0.3, 0.4) is 0 Å². The number of furan rings is 1. The Labute approximate surface area is 105 Å². The number of carbonyl (C=O) groups is 1. The first-order valence-corrected chi connectivity index (χ1v) is 5.63. The summed E-state index contributed by atoms with van der Waals surface area (Å²) in [6.07, 6.45) is 5.50. The van der Waals surface area contributed by atoms with Gasteiger partial charge in [-0.25, -0.2) is 0 Å². The summed E-state index contributed by atoms with van der Waals surface area (Å²) in [5.41, 5.74) is 0.518. The van der Waals surface area contributed by atoms with Gasteiger partial charge in [0.1, 0.15) is 5.76 Å². The van der Waals surface area contributed by atoms with E-state index in [1.807, 2.05) is 12.1 Å². The van der Waals surface area contributed by atoms with Gasteiger partial charge in [-0.05, 0) is 30.3 Å². The summed E-state index contributed by atoms with van der Waals surface area (Å²) in [7, 11) is 0. The number of ketones is 1. The van der Waals surface area contributed by atoms with E-state index >= 15 is 0 Å². The third kappa shape index (κ3) is 3.08. The lowest BCUT2D eigenvalue weighted by Crippen LogP contribution is -1.95. The molecule has 0 unspecified atom stereocenters. The molecule has 86 valence electrons. The molecule has 0 N–H and O–H groups in total. The predicted molar refractivity (Wildman–Crippen MR) is 67.3 cm³/mol. The van der Waals surface area contributed by atoms with Gasteiger partial charge in [0.15, 0.2) is 5.78 Å². The van der Waals surface area contributed by atoms with Crippen LogP contribution in [0.5, 0.6) is 0 Å².